The molecule has 0 unspecified atom stereocenters. The van der Waals surface area contributed by atoms with E-state index in [4.69, 9.17) is 14.6 Å². The Bertz CT molecular complexity index is 1250. The first-order valence-electron chi connectivity index (χ1n) is 9.71. The summed E-state index contributed by atoms with van der Waals surface area (Å²) in [6.07, 6.45) is 1.52. The minimum atomic E-state index is -1.14. The zero-order valence-corrected chi connectivity index (χ0v) is 17.9. The molecule has 0 atom stereocenters. The van der Waals surface area contributed by atoms with E-state index in [9.17, 15) is 14.4 Å². The molecule has 1 aliphatic heterocycles. The molecule has 0 bridgehead atoms. The van der Waals surface area contributed by atoms with E-state index in [0.717, 1.165) is 28.1 Å². The number of ether oxygens (including phenoxy) is 2. The van der Waals surface area contributed by atoms with Crippen molar-refractivity contribution < 1.29 is 29.0 Å². The predicted octanol–water partition coefficient (Wildman–Crippen LogP) is 4.55. The number of hydrogen-bond donors (Lipinski definition) is 1. The summed E-state index contributed by atoms with van der Waals surface area (Å²) in [6.45, 7) is -0.409. The van der Waals surface area contributed by atoms with Gasteiger partial charge in [0, 0.05) is 5.56 Å². The molecule has 0 aromatic heterocycles. The second-order valence-electron chi connectivity index (χ2n) is 6.97. The Morgan fingerprint density at radius 1 is 1.06 bits per heavy atom. The van der Waals surface area contributed by atoms with E-state index in [1.807, 2.05) is 42.5 Å². The SMILES string of the molecule is COc1cccc(/C=C2/SC(=O)N(Cc3cccc4ccccc34)C2=O)c1OCC(=O)O. The Hall–Kier alpha value is -3.78. The van der Waals surface area contributed by atoms with Crippen LogP contribution in [0.2, 0.25) is 0 Å². The zero-order chi connectivity index (χ0) is 22.7. The smallest absolute Gasteiger partial charge is 0.341 e. The van der Waals surface area contributed by atoms with E-state index in [0.29, 0.717) is 11.3 Å². The molecule has 3 aromatic rings. The average molecular weight is 449 g/mol. The van der Waals surface area contributed by atoms with Crippen molar-refractivity contribution in [1.29, 1.82) is 0 Å². The molecule has 1 heterocycles. The molecule has 1 fully saturated rings. The number of amides is 2. The highest BCUT2D eigenvalue weighted by Gasteiger charge is 2.35. The highest BCUT2D eigenvalue weighted by molar-refractivity contribution is 8.18. The fraction of sp³-hybridized carbons (Fsp3) is 0.125. The first-order chi connectivity index (χ1) is 15.5. The molecule has 8 heteroatoms. The molecule has 3 aromatic carbocycles. The number of carbonyl (C=O) groups is 3. The number of carbonyl (C=O) groups excluding carboxylic acids is 2. The normalized spacial score (nSPS) is 14.9. The fourth-order valence-corrected chi connectivity index (χ4v) is 4.30. The number of carboxylic acids is 1. The quantitative estimate of drug-likeness (QED) is 0.529. The van der Waals surface area contributed by atoms with E-state index in [-0.39, 0.29) is 22.4 Å². The van der Waals surface area contributed by atoms with Crippen molar-refractivity contribution in [1.82, 2.24) is 4.90 Å². The van der Waals surface area contributed by atoms with E-state index in [2.05, 4.69) is 0 Å². The molecule has 0 saturated carbocycles. The molecule has 0 spiro atoms. The largest absolute Gasteiger partial charge is 0.493 e. The summed E-state index contributed by atoms with van der Waals surface area (Å²) >= 11 is 0.834. The number of benzene rings is 3. The molecule has 1 N–H and O–H groups in total. The number of imide groups is 1. The van der Waals surface area contributed by atoms with Crippen LogP contribution >= 0.6 is 11.8 Å². The molecular weight excluding hydrogens is 430 g/mol. The number of methoxy groups -OCH3 is 1. The molecule has 162 valence electrons. The number of para-hydroxylation sites is 1. The average Bonchev–Trinajstić information content (AvgIpc) is 3.05. The number of thioether (sulfide) groups is 1. The lowest BCUT2D eigenvalue weighted by atomic mass is 10.0. The highest BCUT2D eigenvalue weighted by atomic mass is 32.2. The molecule has 32 heavy (non-hydrogen) atoms. The maximum Gasteiger partial charge on any atom is 0.341 e. The molecule has 1 saturated heterocycles. The summed E-state index contributed by atoms with van der Waals surface area (Å²) < 4.78 is 10.6. The maximum absolute atomic E-state index is 13.0. The van der Waals surface area contributed by atoms with Gasteiger partial charge < -0.3 is 14.6 Å². The van der Waals surface area contributed by atoms with E-state index in [1.54, 1.807) is 18.2 Å². The second kappa shape index (κ2) is 9.15. The lowest BCUT2D eigenvalue weighted by molar-refractivity contribution is -0.139. The van der Waals surface area contributed by atoms with Gasteiger partial charge in [0.25, 0.3) is 11.1 Å². The van der Waals surface area contributed by atoms with Gasteiger partial charge in [-0.2, -0.15) is 0 Å². The van der Waals surface area contributed by atoms with Gasteiger partial charge in [0.2, 0.25) is 0 Å². The van der Waals surface area contributed by atoms with Gasteiger partial charge >= 0.3 is 5.97 Å². The second-order valence-corrected chi connectivity index (χ2v) is 7.96. The van der Waals surface area contributed by atoms with Gasteiger partial charge in [-0.25, -0.2) is 4.79 Å². The predicted molar refractivity (Wildman–Crippen MR) is 122 cm³/mol. The van der Waals surface area contributed by atoms with Crippen LogP contribution in [0.1, 0.15) is 11.1 Å². The van der Waals surface area contributed by atoms with Gasteiger partial charge in [0.1, 0.15) is 0 Å². The third-order valence-corrected chi connectivity index (χ3v) is 5.85. The number of rotatable bonds is 7. The third kappa shape index (κ3) is 4.31. The monoisotopic (exact) mass is 449 g/mol. The molecule has 0 radical (unpaired) electrons. The Labute approximate surface area is 188 Å². The standard InChI is InChI=1S/C24H19NO6S/c1-30-19-11-5-8-16(22(19)31-14-21(26)27)12-20-23(28)25(24(29)32-20)13-17-9-4-7-15-6-2-3-10-18(15)17/h2-12H,13-14H2,1H3,(H,26,27)/b20-12+. The van der Waals surface area contributed by atoms with Gasteiger partial charge in [-0.05, 0) is 40.2 Å². The van der Waals surface area contributed by atoms with Crippen molar-refractivity contribution in [3.05, 3.63) is 76.7 Å². The van der Waals surface area contributed by atoms with E-state index >= 15 is 0 Å². The third-order valence-electron chi connectivity index (χ3n) is 4.94. The lowest BCUT2D eigenvalue weighted by Crippen LogP contribution is -2.27. The van der Waals surface area contributed by atoms with Gasteiger partial charge in [-0.1, -0.05) is 54.6 Å². The number of aliphatic carboxylic acids is 1. The first-order valence-corrected chi connectivity index (χ1v) is 10.5. The Morgan fingerprint density at radius 3 is 2.59 bits per heavy atom. The summed E-state index contributed by atoms with van der Waals surface area (Å²) in [4.78, 5) is 38.1. The van der Waals surface area contributed by atoms with Crippen LogP contribution in [-0.2, 0) is 16.1 Å². The number of carboxylic acid groups (broad SMARTS) is 1. The number of fused-ring (bicyclic) bond motifs is 1. The number of nitrogens with zero attached hydrogens (tertiary/aromatic N) is 1. The van der Waals surface area contributed by atoms with Crippen LogP contribution in [0.15, 0.2) is 65.6 Å². The summed E-state index contributed by atoms with van der Waals surface area (Å²) in [5.41, 5.74) is 1.32. The fourth-order valence-electron chi connectivity index (χ4n) is 3.47. The van der Waals surface area contributed by atoms with Crippen LogP contribution in [0.25, 0.3) is 16.8 Å². The Balaban J connectivity index is 1.64. The molecule has 4 rings (SSSR count). The number of hydrogen-bond acceptors (Lipinski definition) is 6. The molecule has 0 aliphatic carbocycles. The van der Waals surface area contributed by atoms with Crippen LogP contribution in [0.3, 0.4) is 0 Å². The van der Waals surface area contributed by atoms with Crippen molar-refractivity contribution in [2.75, 3.05) is 13.7 Å². The van der Waals surface area contributed by atoms with E-state index in [1.165, 1.54) is 18.1 Å². The molecule has 2 amide bonds. The van der Waals surface area contributed by atoms with Crippen LogP contribution in [-0.4, -0.2) is 40.8 Å². The maximum atomic E-state index is 13.0. The van der Waals surface area contributed by atoms with Gasteiger partial charge in [0.05, 0.1) is 18.6 Å². The zero-order valence-electron chi connectivity index (χ0n) is 17.1. The minimum absolute atomic E-state index is 0.157. The Morgan fingerprint density at radius 2 is 1.81 bits per heavy atom. The van der Waals surface area contributed by atoms with Crippen molar-refractivity contribution in [2.24, 2.45) is 0 Å². The van der Waals surface area contributed by atoms with Gasteiger partial charge in [0.15, 0.2) is 18.1 Å². The van der Waals surface area contributed by atoms with Gasteiger partial charge in [-0.3, -0.25) is 14.5 Å². The summed E-state index contributed by atoms with van der Waals surface area (Å²) in [5.74, 6) is -1.04. The van der Waals surface area contributed by atoms with Crippen LogP contribution in [0.4, 0.5) is 4.79 Å². The van der Waals surface area contributed by atoms with Crippen molar-refractivity contribution >= 4 is 45.7 Å². The van der Waals surface area contributed by atoms with Crippen LogP contribution in [0.5, 0.6) is 11.5 Å². The molecular formula is C24H19NO6S. The first kappa shape index (κ1) is 21.5. The topological polar surface area (TPSA) is 93.1 Å². The highest BCUT2D eigenvalue weighted by Crippen LogP contribution is 2.38. The van der Waals surface area contributed by atoms with Crippen molar-refractivity contribution in [3.63, 3.8) is 0 Å². The molecule has 7 nitrogen and oxygen atoms in total. The summed E-state index contributed by atoms with van der Waals surface area (Å²) in [7, 11) is 1.44. The summed E-state index contributed by atoms with van der Waals surface area (Å²) in [6, 6.07) is 18.6. The minimum Gasteiger partial charge on any atom is -0.493 e. The van der Waals surface area contributed by atoms with Crippen LogP contribution in [0, 0.1) is 0 Å². The van der Waals surface area contributed by atoms with Gasteiger partial charge in [-0.15, -0.1) is 0 Å². The van der Waals surface area contributed by atoms with Crippen LogP contribution < -0.4 is 9.47 Å². The Kier molecular flexibility index (Phi) is 6.13. The lowest BCUT2D eigenvalue weighted by Gasteiger charge is -2.14. The molecule has 1 aliphatic rings. The van der Waals surface area contributed by atoms with E-state index < -0.39 is 18.5 Å². The van der Waals surface area contributed by atoms with Crippen molar-refractivity contribution in [3.8, 4) is 11.5 Å². The summed E-state index contributed by atoms with van der Waals surface area (Å²) in [5, 5.41) is 10.6. The van der Waals surface area contributed by atoms with Crippen molar-refractivity contribution in [2.45, 2.75) is 6.54 Å².